The van der Waals surface area contributed by atoms with Crippen molar-refractivity contribution in [3.05, 3.63) is 21.3 Å². The van der Waals surface area contributed by atoms with E-state index in [1.807, 2.05) is 19.1 Å². The first-order chi connectivity index (χ1) is 8.16. The third kappa shape index (κ3) is 4.12. The zero-order valence-electron chi connectivity index (χ0n) is 10.2. The Labute approximate surface area is 123 Å². The molecule has 0 bridgehead atoms. The molecule has 1 aliphatic rings. The average Bonchev–Trinajstić information content (AvgIpc) is 2.77. The van der Waals surface area contributed by atoms with E-state index in [9.17, 15) is 4.79 Å². The van der Waals surface area contributed by atoms with Crippen molar-refractivity contribution in [1.29, 1.82) is 0 Å². The second-order valence-corrected chi connectivity index (χ2v) is 6.12. The number of thiophene rings is 1. The van der Waals surface area contributed by atoms with Crippen molar-refractivity contribution in [3.63, 3.8) is 0 Å². The number of rotatable bonds is 3. The molecule has 0 aromatic carbocycles. The average molecular weight is 309 g/mol. The van der Waals surface area contributed by atoms with Gasteiger partial charge in [0.1, 0.15) is 0 Å². The highest BCUT2D eigenvalue weighted by Gasteiger charge is 2.22. The molecule has 0 saturated carbocycles. The molecule has 1 fully saturated rings. The molecule has 1 saturated heterocycles. The molecule has 1 amide bonds. The predicted octanol–water partition coefficient (Wildman–Crippen LogP) is 3.14. The number of nitrogens with one attached hydrogen (secondary N) is 2. The van der Waals surface area contributed by atoms with Crippen LogP contribution in [0.15, 0.2) is 12.1 Å². The molecule has 1 aliphatic heterocycles. The maximum atomic E-state index is 12.0. The monoisotopic (exact) mass is 308 g/mol. The fourth-order valence-corrected chi connectivity index (χ4v) is 3.09. The summed E-state index contributed by atoms with van der Waals surface area (Å²) in [6.07, 6.45) is 3.23. The van der Waals surface area contributed by atoms with Crippen LogP contribution in [-0.4, -0.2) is 18.5 Å². The van der Waals surface area contributed by atoms with Crippen LogP contribution in [0.1, 0.15) is 37.1 Å². The summed E-state index contributed by atoms with van der Waals surface area (Å²) in [5.41, 5.74) is 0. The molecule has 0 aliphatic carbocycles. The minimum atomic E-state index is -0.0263. The van der Waals surface area contributed by atoms with Gasteiger partial charge in [0, 0.05) is 4.88 Å². The summed E-state index contributed by atoms with van der Waals surface area (Å²) in [5.74, 6) is 0.0988. The largest absolute Gasteiger partial charge is 0.347 e. The van der Waals surface area contributed by atoms with Crippen molar-refractivity contribution >= 4 is 41.3 Å². The molecule has 2 heterocycles. The molecule has 2 rings (SSSR count). The van der Waals surface area contributed by atoms with Crippen molar-refractivity contribution in [2.75, 3.05) is 6.54 Å². The van der Waals surface area contributed by atoms with Gasteiger partial charge in [-0.05, 0) is 38.4 Å². The summed E-state index contributed by atoms with van der Waals surface area (Å²) in [4.78, 5) is 13.1. The van der Waals surface area contributed by atoms with Crippen LogP contribution in [-0.2, 0) is 4.79 Å². The number of hydrogen-bond acceptors (Lipinski definition) is 3. The molecule has 3 nitrogen and oxygen atoms in total. The number of carbonyl (C=O) groups is 1. The first kappa shape index (κ1) is 15.8. The Balaban J connectivity index is 0.00000162. The summed E-state index contributed by atoms with van der Waals surface area (Å²) in [6, 6.07) is 3.83. The molecular weight excluding hydrogens is 291 g/mol. The van der Waals surface area contributed by atoms with Crippen molar-refractivity contribution in [1.82, 2.24) is 10.6 Å². The molecule has 1 aromatic heterocycles. The summed E-state index contributed by atoms with van der Waals surface area (Å²) < 4.78 is 0.761. The maximum Gasteiger partial charge on any atom is 0.237 e. The quantitative estimate of drug-likeness (QED) is 0.900. The molecule has 2 atom stereocenters. The molecule has 102 valence electrons. The molecule has 0 radical (unpaired) electrons. The van der Waals surface area contributed by atoms with Gasteiger partial charge in [0.25, 0.3) is 0 Å². The highest BCUT2D eigenvalue weighted by molar-refractivity contribution is 7.16. The minimum absolute atomic E-state index is 0. The van der Waals surface area contributed by atoms with E-state index in [2.05, 4.69) is 10.6 Å². The van der Waals surface area contributed by atoms with E-state index in [-0.39, 0.29) is 30.4 Å². The lowest BCUT2D eigenvalue weighted by atomic mass is 10.0. The van der Waals surface area contributed by atoms with Gasteiger partial charge in [-0.3, -0.25) is 4.79 Å². The van der Waals surface area contributed by atoms with Crippen LogP contribution in [0.5, 0.6) is 0 Å². The predicted molar refractivity (Wildman–Crippen MR) is 78.8 cm³/mol. The van der Waals surface area contributed by atoms with Gasteiger partial charge in [-0.25, -0.2) is 0 Å². The second kappa shape index (κ2) is 7.34. The molecule has 0 spiro atoms. The molecule has 1 unspecified atom stereocenters. The number of carbonyl (C=O) groups excluding carboxylic acids is 1. The van der Waals surface area contributed by atoms with E-state index in [0.717, 1.165) is 28.6 Å². The van der Waals surface area contributed by atoms with Gasteiger partial charge in [-0.2, -0.15) is 0 Å². The maximum absolute atomic E-state index is 12.0. The van der Waals surface area contributed by atoms with E-state index in [0.29, 0.717) is 0 Å². The van der Waals surface area contributed by atoms with Crippen LogP contribution >= 0.6 is 35.3 Å². The fraction of sp³-hybridized carbons (Fsp3) is 0.583. The van der Waals surface area contributed by atoms with Crippen LogP contribution in [0.2, 0.25) is 4.34 Å². The lowest BCUT2D eigenvalue weighted by Gasteiger charge is -2.24. The summed E-state index contributed by atoms with van der Waals surface area (Å²) in [6.45, 7) is 2.93. The highest BCUT2D eigenvalue weighted by atomic mass is 35.5. The topological polar surface area (TPSA) is 41.1 Å². The van der Waals surface area contributed by atoms with Crippen LogP contribution in [0, 0.1) is 0 Å². The van der Waals surface area contributed by atoms with Crippen LogP contribution in [0.3, 0.4) is 0 Å². The molecule has 2 N–H and O–H groups in total. The van der Waals surface area contributed by atoms with Gasteiger partial charge in [0.05, 0.1) is 16.4 Å². The van der Waals surface area contributed by atoms with Gasteiger partial charge in [0.15, 0.2) is 0 Å². The Bertz CT molecular complexity index is 391. The van der Waals surface area contributed by atoms with Crippen LogP contribution < -0.4 is 10.6 Å². The van der Waals surface area contributed by atoms with Crippen LogP contribution in [0.4, 0.5) is 0 Å². The summed E-state index contributed by atoms with van der Waals surface area (Å²) in [7, 11) is 0. The van der Waals surface area contributed by atoms with Gasteiger partial charge < -0.3 is 10.6 Å². The van der Waals surface area contributed by atoms with Gasteiger partial charge in [-0.1, -0.05) is 18.0 Å². The highest BCUT2D eigenvalue weighted by Crippen LogP contribution is 2.26. The Morgan fingerprint density at radius 3 is 2.89 bits per heavy atom. The minimum Gasteiger partial charge on any atom is -0.347 e. The normalized spacial score (nSPS) is 20.9. The van der Waals surface area contributed by atoms with Crippen molar-refractivity contribution in [2.45, 2.75) is 38.3 Å². The lowest BCUT2D eigenvalue weighted by Crippen LogP contribution is -2.47. The first-order valence-corrected chi connectivity index (χ1v) is 7.15. The smallest absolute Gasteiger partial charge is 0.237 e. The number of piperidine rings is 1. The summed E-state index contributed by atoms with van der Waals surface area (Å²) >= 11 is 7.40. The standard InChI is InChI=1S/C12H17ClN2OS.ClH/c1-8(10-5-6-11(13)17-10)15-12(16)9-4-2-3-7-14-9;/h5-6,8-9,14H,2-4,7H2,1H3,(H,15,16);1H/t8?,9-;/m1./s1. The zero-order valence-corrected chi connectivity index (χ0v) is 12.6. The number of hydrogen-bond donors (Lipinski definition) is 2. The number of halogens is 2. The summed E-state index contributed by atoms with van der Waals surface area (Å²) in [5, 5.41) is 6.28. The molecular formula is C12H18Cl2N2OS. The van der Waals surface area contributed by atoms with E-state index < -0.39 is 0 Å². The van der Waals surface area contributed by atoms with Crippen molar-refractivity contribution in [2.24, 2.45) is 0 Å². The Morgan fingerprint density at radius 2 is 2.33 bits per heavy atom. The SMILES string of the molecule is CC(NC(=O)[C@H]1CCCCN1)c1ccc(Cl)s1.Cl. The van der Waals surface area contributed by atoms with E-state index >= 15 is 0 Å². The third-order valence-electron chi connectivity index (χ3n) is 3.01. The third-order valence-corrected chi connectivity index (χ3v) is 4.42. The zero-order chi connectivity index (χ0) is 12.3. The van der Waals surface area contributed by atoms with E-state index in [1.165, 1.54) is 17.8 Å². The van der Waals surface area contributed by atoms with Gasteiger partial charge in [-0.15, -0.1) is 23.7 Å². The van der Waals surface area contributed by atoms with Gasteiger partial charge >= 0.3 is 0 Å². The lowest BCUT2D eigenvalue weighted by molar-refractivity contribution is -0.124. The molecule has 1 aromatic rings. The van der Waals surface area contributed by atoms with Crippen LogP contribution in [0.25, 0.3) is 0 Å². The first-order valence-electron chi connectivity index (χ1n) is 5.96. The Morgan fingerprint density at radius 1 is 1.56 bits per heavy atom. The number of amides is 1. The Hall–Kier alpha value is -0.290. The molecule has 6 heteroatoms. The second-order valence-electron chi connectivity index (χ2n) is 4.37. The molecule has 18 heavy (non-hydrogen) atoms. The van der Waals surface area contributed by atoms with E-state index in [4.69, 9.17) is 11.6 Å². The van der Waals surface area contributed by atoms with E-state index in [1.54, 1.807) is 0 Å². The van der Waals surface area contributed by atoms with Gasteiger partial charge in [0.2, 0.25) is 5.91 Å². The Kier molecular flexibility index (Phi) is 6.43. The fourth-order valence-electron chi connectivity index (χ4n) is 2.02. The van der Waals surface area contributed by atoms with Crippen molar-refractivity contribution < 1.29 is 4.79 Å². The van der Waals surface area contributed by atoms with Crippen molar-refractivity contribution in [3.8, 4) is 0 Å².